The lowest BCUT2D eigenvalue weighted by Crippen LogP contribution is -2.53. The van der Waals surface area contributed by atoms with Gasteiger partial charge in [0.25, 0.3) is 0 Å². The highest BCUT2D eigenvalue weighted by atomic mass is 16.1. The van der Waals surface area contributed by atoms with Crippen LogP contribution in [0.3, 0.4) is 0 Å². The van der Waals surface area contributed by atoms with Crippen LogP contribution in [0, 0.1) is 0 Å². The number of carbonyl (C=O) groups is 1. The van der Waals surface area contributed by atoms with Crippen LogP contribution in [0.4, 0.5) is 0 Å². The summed E-state index contributed by atoms with van der Waals surface area (Å²) in [6.45, 7) is 10.3. The van der Waals surface area contributed by atoms with Crippen LogP contribution in [0.25, 0.3) is 0 Å². The molecule has 0 aliphatic rings. The molecule has 0 fully saturated rings. The van der Waals surface area contributed by atoms with Crippen molar-refractivity contribution in [2.24, 2.45) is 5.73 Å². The summed E-state index contributed by atoms with van der Waals surface area (Å²) >= 11 is 0. The topological polar surface area (TPSA) is 58.4 Å². The zero-order chi connectivity index (χ0) is 14.9. The second-order valence-electron chi connectivity index (χ2n) is 5.68. The SMILES string of the molecule is CCCNC(C)(CCCN(C)C(CC)CC)C(N)=O. The molecule has 114 valence electrons. The van der Waals surface area contributed by atoms with E-state index in [1.165, 1.54) is 12.8 Å². The lowest BCUT2D eigenvalue weighted by atomic mass is 9.94. The molecule has 0 heterocycles. The third kappa shape index (κ3) is 6.39. The number of nitrogens with one attached hydrogen (secondary N) is 1. The van der Waals surface area contributed by atoms with E-state index in [9.17, 15) is 4.79 Å². The fourth-order valence-electron chi connectivity index (χ4n) is 2.48. The standard InChI is InChI=1S/C15H33N3O/c1-6-11-17-15(4,14(16)19)10-9-12-18(5)13(7-2)8-3/h13,17H,6-12H2,1-5H3,(H2,16,19). The van der Waals surface area contributed by atoms with E-state index in [4.69, 9.17) is 5.73 Å². The molecule has 0 spiro atoms. The van der Waals surface area contributed by atoms with E-state index in [-0.39, 0.29) is 5.91 Å². The van der Waals surface area contributed by atoms with Crippen LogP contribution in [0.1, 0.15) is 59.8 Å². The molecule has 4 heteroatoms. The van der Waals surface area contributed by atoms with Crippen LogP contribution in [0.2, 0.25) is 0 Å². The fourth-order valence-corrected chi connectivity index (χ4v) is 2.48. The third-order valence-electron chi connectivity index (χ3n) is 4.06. The van der Waals surface area contributed by atoms with Gasteiger partial charge in [-0.1, -0.05) is 20.8 Å². The molecule has 0 aromatic carbocycles. The first-order valence-electron chi connectivity index (χ1n) is 7.66. The van der Waals surface area contributed by atoms with Crippen molar-refractivity contribution in [1.29, 1.82) is 0 Å². The third-order valence-corrected chi connectivity index (χ3v) is 4.06. The number of nitrogens with two attached hydrogens (primary N) is 1. The van der Waals surface area contributed by atoms with Gasteiger partial charge < -0.3 is 16.0 Å². The van der Waals surface area contributed by atoms with Crippen molar-refractivity contribution in [3.8, 4) is 0 Å². The molecule has 0 bridgehead atoms. The van der Waals surface area contributed by atoms with Crippen molar-refractivity contribution in [2.45, 2.75) is 71.4 Å². The van der Waals surface area contributed by atoms with Crippen LogP contribution in [-0.2, 0) is 4.79 Å². The summed E-state index contributed by atoms with van der Waals surface area (Å²) in [6.07, 6.45) is 5.15. The number of nitrogens with zero attached hydrogens (tertiary/aromatic N) is 1. The Hall–Kier alpha value is -0.610. The second kappa shape index (κ2) is 9.32. The molecule has 0 rings (SSSR count). The van der Waals surface area contributed by atoms with Crippen molar-refractivity contribution in [3.05, 3.63) is 0 Å². The van der Waals surface area contributed by atoms with Crippen molar-refractivity contribution in [3.63, 3.8) is 0 Å². The largest absolute Gasteiger partial charge is 0.368 e. The van der Waals surface area contributed by atoms with Gasteiger partial charge in [0.2, 0.25) is 5.91 Å². The van der Waals surface area contributed by atoms with Gasteiger partial charge in [0.1, 0.15) is 0 Å². The molecule has 0 aromatic heterocycles. The molecule has 0 saturated heterocycles. The summed E-state index contributed by atoms with van der Waals surface area (Å²) in [5.41, 5.74) is 4.96. The number of amides is 1. The Morgan fingerprint density at radius 1 is 1.32 bits per heavy atom. The molecular weight excluding hydrogens is 238 g/mol. The van der Waals surface area contributed by atoms with Crippen molar-refractivity contribution < 1.29 is 4.79 Å². The first-order chi connectivity index (χ1) is 8.91. The monoisotopic (exact) mass is 271 g/mol. The van der Waals surface area contributed by atoms with E-state index in [2.05, 4.69) is 38.0 Å². The molecule has 0 aliphatic carbocycles. The van der Waals surface area contributed by atoms with Gasteiger partial charge in [0, 0.05) is 6.04 Å². The van der Waals surface area contributed by atoms with Crippen molar-refractivity contribution in [1.82, 2.24) is 10.2 Å². The van der Waals surface area contributed by atoms with Crippen molar-refractivity contribution in [2.75, 3.05) is 20.1 Å². The quantitative estimate of drug-likeness (QED) is 0.605. The van der Waals surface area contributed by atoms with Crippen LogP contribution in [0.5, 0.6) is 0 Å². The molecule has 0 saturated carbocycles. The van der Waals surface area contributed by atoms with Gasteiger partial charge in [-0.25, -0.2) is 0 Å². The van der Waals surface area contributed by atoms with E-state index < -0.39 is 5.54 Å². The van der Waals surface area contributed by atoms with Crippen LogP contribution >= 0.6 is 0 Å². The highest BCUT2D eigenvalue weighted by Gasteiger charge is 2.29. The van der Waals surface area contributed by atoms with Gasteiger partial charge in [-0.05, 0) is 59.2 Å². The van der Waals surface area contributed by atoms with Crippen molar-refractivity contribution >= 4 is 5.91 Å². The van der Waals surface area contributed by atoms with E-state index in [0.29, 0.717) is 6.04 Å². The summed E-state index contributed by atoms with van der Waals surface area (Å²) in [7, 11) is 2.17. The zero-order valence-corrected chi connectivity index (χ0v) is 13.5. The number of primary amides is 1. The first-order valence-corrected chi connectivity index (χ1v) is 7.66. The molecule has 1 atom stereocenters. The minimum absolute atomic E-state index is 0.244. The summed E-state index contributed by atoms with van der Waals surface area (Å²) in [5, 5.41) is 3.28. The number of carbonyl (C=O) groups excluding carboxylic acids is 1. The van der Waals surface area contributed by atoms with Gasteiger partial charge >= 0.3 is 0 Å². The fraction of sp³-hybridized carbons (Fsp3) is 0.933. The normalized spacial score (nSPS) is 14.9. The Morgan fingerprint density at radius 3 is 2.32 bits per heavy atom. The van der Waals surface area contributed by atoms with Crippen LogP contribution < -0.4 is 11.1 Å². The summed E-state index contributed by atoms with van der Waals surface area (Å²) in [4.78, 5) is 14.0. The minimum atomic E-state index is -0.565. The van der Waals surface area contributed by atoms with Gasteiger partial charge in [-0.15, -0.1) is 0 Å². The Labute approximate surface area is 119 Å². The Balaban J connectivity index is 4.22. The Kier molecular flexibility index (Phi) is 9.02. The molecule has 3 N–H and O–H groups in total. The first kappa shape index (κ1) is 18.4. The van der Waals surface area contributed by atoms with E-state index in [1.807, 2.05) is 6.92 Å². The number of hydrogen-bond acceptors (Lipinski definition) is 3. The van der Waals surface area contributed by atoms with Crippen LogP contribution in [-0.4, -0.2) is 42.5 Å². The lowest BCUT2D eigenvalue weighted by Gasteiger charge is -2.30. The summed E-state index contributed by atoms with van der Waals surface area (Å²) in [5.74, 6) is -0.244. The molecule has 4 nitrogen and oxygen atoms in total. The number of rotatable bonds is 11. The van der Waals surface area contributed by atoms with E-state index >= 15 is 0 Å². The number of hydrogen-bond donors (Lipinski definition) is 2. The summed E-state index contributed by atoms with van der Waals surface area (Å²) < 4.78 is 0. The predicted molar refractivity (Wildman–Crippen MR) is 82.1 cm³/mol. The average Bonchev–Trinajstić information content (AvgIpc) is 2.37. The smallest absolute Gasteiger partial charge is 0.237 e. The maximum atomic E-state index is 11.6. The molecule has 0 aromatic rings. The summed E-state index contributed by atoms with van der Waals surface area (Å²) in [6, 6.07) is 0.642. The second-order valence-corrected chi connectivity index (χ2v) is 5.68. The zero-order valence-electron chi connectivity index (χ0n) is 13.5. The maximum Gasteiger partial charge on any atom is 0.237 e. The molecule has 19 heavy (non-hydrogen) atoms. The molecule has 1 unspecified atom stereocenters. The Morgan fingerprint density at radius 2 is 1.89 bits per heavy atom. The van der Waals surface area contributed by atoms with E-state index in [0.717, 1.165) is 32.4 Å². The molecular formula is C15H33N3O. The highest BCUT2D eigenvalue weighted by molar-refractivity contribution is 5.84. The molecule has 0 aliphatic heterocycles. The Bertz CT molecular complexity index is 254. The lowest BCUT2D eigenvalue weighted by molar-refractivity contribution is -0.124. The van der Waals surface area contributed by atoms with Gasteiger partial charge in [0.05, 0.1) is 5.54 Å². The van der Waals surface area contributed by atoms with Gasteiger partial charge in [-0.2, -0.15) is 0 Å². The average molecular weight is 271 g/mol. The van der Waals surface area contributed by atoms with Gasteiger partial charge in [0.15, 0.2) is 0 Å². The molecule has 0 radical (unpaired) electrons. The van der Waals surface area contributed by atoms with Gasteiger partial charge in [-0.3, -0.25) is 4.79 Å². The highest BCUT2D eigenvalue weighted by Crippen LogP contribution is 2.14. The van der Waals surface area contributed by atoms with E-state index in [1.54, 1.807) is 0 Å². The molecule has 1 amide bonds. The predicted octanol–water partition coefficient (Wildman–Crippen LogP) is 2.13. The minimum Gasteiger partial charge on any atom is -0.368 e. The maximum absolute atomic E-state index is 11.6. The van der Waals surface area contributed by atoms with Crippen LogP contribution in [0.15, 0.2) is 0 Å².